The molecule has 0 aromatic heterocycles. The molecule has 0 amide bonds. The van der Waals surface area contributed by atoms with Crippen LogP contribution < -0.4 is 11.3 Å². The molecule has 0 radical (unpaired) electrons. The van der Waals surface area contributed by atoms with Gasteiger partial charge in [-0.15, -0.1) is 0 Å². The molecule has 0 heterocycles. The van der Waals surface area contributed by atoms with Gasteiger partial charge in [0.25, 0.3) is 0 Å². The highest BCUT2D eigenvalue weighted by molar-refractivity contribution is 4.95. The number of hydrogen-bond donors (Lipinski definition) is 2. The molecule has 48 valence electrons. The van der Waals surface area contributed by atoms with Crippen molar-refractivity contribution in [2.75, 3.05) is 6.54 Å². The van der Waals surface area contributed by atoms with Crippen molar-refractivity contribution >= 4 is 0 Å². The van der Waals surface area contributed by atoms with E-state index < -0.39 is 0 Å². The maximum absolute atomic E-state index is 5.14. The highest BCUT2D eigenvalue weighted by Gasteiger charge is 2.44. The van der Waals surface area contributed by atoms with Gasteiger partial charge in [-0.3, -0.25) is 11.3 Å². The molecular formula is C6H14N2. The van der Waals surface area contributed by atoms with Crippen molar-refractivity contribution < 1.29 is 0 Å². The Hall–Kier alpha value is -0.0800. The zero-order valence-corrected chi connectivity index (χ0v) is 5.57. The lowest BCUT2D eigenvalue weighted by Crippen LogP contribution is -2.25. The van der Waals surface area contributed by atoms with E-state index in [1.165, 1.54) is 6.42 Å². The van der Waals surface area contributed by atoms with Gasteiger partial charge in [-0.1, -0.05) is 13.8 Å². The first-order valence-electron chi connectivity index (χ1n) is 3.10. The molecule has 0 bridgehead atoms. The summed E-state index contributed by atoms with van der Waals surface area (Å²) in [4.78, 5) is 0. The van der Waals surface area contributed by atoms with Gasteiger partial charge in [-0.05, 0) is 17.8 Å². The topological polar surface area (TPSA) is 38.0 Å². The van der Waals surface area contributed by atoms with Crippen LogP contribution in [0.3, 0.4) is 0 Å². The maximum atomic E-state index is 5.14. The van der Waals surface area contributed by atoms with Crippen LogP contribution in [0.4, 0.5) is 0 Å². The molecule has 1 aliphatic carbocycles. The van der Waals surface area contributed by atoms with Gasteiger partial charge in [0, 0.05) is 6.54 Å². The average Bonchev–Trinajstić information content (AvgIpc) is 2.15. The quantitative estimate of drug-likeness (QED) is 0.405. The summed E-state index contributed by atoms with van der Waals surface area (Å²) >= 11 is 0. The van der Waals surface area contributed by atoms with E-state index in [1.54, 1.807) is 0 Å². The van der Waals surface area contributed by atoms with Crippen LogP contribution in [0.2, 0.25) is 0 Å². The first-order valence-corrected chi connectivity index (χ1v) is 3.10. The number of hydrogen-bond acceptors (Lipinski definition) is 2. The second kappa shape index (κ2) is 1.71. The van der Waals surface area contributed by atoms with Crippen molar-refractivity contribution in [3.63, 3.8) is 0 Å². The molecule has 0 spiro atoms. The van der Waals surface area contributed by atoms with E-state index in [4.69, 9.17) is 5.84 Å². The van der Waals surface area contributed by atoms with Crippen molar-refractivity contribution in [1.82, 2.24) is 5.43 Å². The zero-order chi connectivity index (χ0) is 6.20. The van der Waals surface area contributed by atoms with Crippen LogP contribution in [0.25, 0.3) is 0 Å². The van der Waals surface area contributed by atoms with Gasteiger partial charge in [0.15, 0.2) is 0 Å². The zero-order valence-electron chi connectivity index (χ0n) is 5.57. The third-order valence-electron chi connectivity index (χ3n) is 2.08. The molecule has 0 aromatic rings. The molecule has 3 N–H and O–H groups in total. The van der Waals surface area contributed by atoms with E-state index >= 15 is 0 Å². The number of rotatable bonds is 2. The minimum Gasteiger partial charge on any atom is -0.271 e. The molecule has 0 aliphatic heterocycles. The monoisotopic (exact) mass is 114 g/mol. The van der Waals surface area contributed by atoms with Crippen LogP contribution in [0.1, 0.15) is 20.3 Å². The fourth-order valence-electron chi connectivity index (χ4n) is 1.07. The first kappa shape index (κ1) is 6.05. The van der Waals surface area contributed by atoms with Crippen molar-refractivity contribution in [1.29, 1.82) is 0 Å². The average molecular weight is 114 g/mol. The lowest BCUT2D eigenvalue weighted by Gasteiger charge is -1.99. The van der Waals surface area contributed by atoms with Gasteiger partial charge in [0.2, 0.25) is 0 Å². The van der Waals surface area contributed by atoms with E-state index in [-0.39, 0.29) is 0 Å². The van der Waals surface area contributed by atoms with Crippen LogP contribution in [0.15, 0.2) is 0 Å². The highest BCUT2D eigenvalue weighted by atomic mass is 15.2. The van der Waals surface area contributed by atoms with Gasteiger partial charge in [-0.2, -0.15) is 0 Å². The normalized spacial score (nSPS) is 32.6. The Kier molecular flexibility index (Phi) is 1.29. The Morgan fingerprint density at radius 3 is 2.38 bits per heavy atom. The summed E-state index contributed by atoms with van der Waals surface area (Å²) in [6.45, 7) is 5.52. The summed E-state index contributed by atoms with van der Waals surface area (Å²) in [5.74, 6) is 5.97. The smallest absolute Gasteiger partial charge is 0.0131 e. The minimum absolute atomic E-state index is 0.576. The van der Waals surface area contributed by atoms with Crippen LogP contribution in [0, 0.1) is 11.3 Å². The minimum atomic E-state index is 0.576. The number of hydrazine groups is 1. The fraction of sp³-hybridized carbons (Fsp3) is 1.00. The van der Waals surface area contributed by atoms with Crippen molar-refractivity contribution in [3.05, 3.63) is 0 Å². The summed E-state index contributed by atoms with van der Waals surface area (Å²) in [7, 11) is 0. The van der Waals surface area contributed by atoms with E-state index in [0.29, 0.717) is 5.41 Å². The Morgan fingerprint density at radius 1 is 1.75 bits per heavy atom. The SMILES string of the molecule is CC1(C)C[C@@H]1CNN. The highest BCUT2D eigenvalue weighted by Crippen LogP contribution is 2.50. The second-order valence-corrected chi connectivity index (χ2v) is 3.30. The predicted octanol–water partition coefficient (Wildman–Crippen LogP) is 0.496. The predicted molar refractivity (Wildman–Crippen MR) is 34.1 cm³/mol. The molecular weight excluding hydrogens is 100 g/mol. The third-order valence-corrected chi connectivity index (χ3v) is 2.08. The summed E-state index contributed by atoms with van der Waals surface area (Å²) in [6, 6.07) is 0. The van der Waals surface area contributed by atoms with E-state index in [2.05, 4.69) is 19.3 Å². The molecule has 2 nitrogen and oxygen atoms in total. The lowest BCUT2D eigenvalue weighted by molar-refractivity contribution is 0.527. The van der Waals surface area contributed by atoms with Gasteiger partial charge < -0.3 is 0 Å². The molecule has 8 heavy (non-hydrogen) atoms. The van der Waals surface area contributed by atoms with Crippen molar-refractivity contribution in [2.45, 2.75) is 20.3 Å². The fourth-order valence-corrected chi connectivity index (χ4v) is 1.07. The molecule has 1 aliphatic rings. The lowest BCUT2D eigenvalue weighted by atomic mass is 10.1. The molecule has 1 rings (SSSR count). The Bertz CT molecular complexity index is 88.5. The van der Waals surface area contributed by atoms with Crippen molar-refractivity contribution in [2.24, 2.45) is 17.2 Å². The molecule has 1 fully saturated rings. The largest absolute Gasteiger partial charge is 0.271 e. The molecule has 0 aromatic carbocycles. The van der Waals surface area contributed by atoms with E-state index in [0.717, 1.165) is 12.5 Å². The maximum Gasteiger partial charge on any atom is 0.0131 e. The molecule has 0 saturated heterocycles. The molecule has 0 unspecified atom stereocenters. The van der Waals surface area contributed by atoms with Gasteiger partial charge in [-0.25, -0.2) is 0 Å². The van der Waals surface area contributed by atoms with Gasteiger partial charge >= 0.3 is 0 Å². The number of nitrogens with one attached hydrogen (secondary N) is 1. The van der Waals surface area contributed by atoms with Crippen LogP contribution in [-0.2, 0) is 0 Å². The Labute approximate surface area is 50.4 Å². The summed E-state index contributed by atoms with van der Waals surface area (Å²) in [5.41, 5.74) is 3.26. The van der Waals surface area contributed by atoms with Gasteiger partial charge in [0.05, 0.1) is 0 Å². The third kappa shape index (κ3) is 1.01. The molecule has 1 atom stereocenters. The van der Waals surface area contributed by atoms with Crippen molar-refractivity contribution in [3.8, 4) is 0 Å². The van der Waals surface area contributed by atoms with E-state index in [1.807, 2.05) is 0 Å². The molecule has 2 heteroatoms. The number of nitrogens with two attached hydrogens (primary N) is 1. The first-order chi connectivity index (χ1) is 3.67. The summed E-state index contributed by atoms with van der Waals surface area (Å²) < 4.78 is 0. The second-order valence-electron chi connectivity index (χ2n) is 3.30. The standard InChI is InChI=1S/C6H14N2/c1-6(2)3-5(6)4-8-7/h5,8H,3-4,7H2,1-2H3/t5-/m1/s1. The van der Waals surface area contributed by atoms with Crippen LogP contribution in [-0.4, -0.2) is 6.54 Å². The summed E-state index contributed by atoms with van der Waals surface area (Å²) in [6.07, 6.45) is 1.33. The molecule has 1 saturated carbocycles. The summed E-state index contributed by atoms with van der Waals surface area (Å²) in [5, 5.41) is 0. The van der Waals surface area contributed by atoms with Crippen LogP contribution in [0.5, 0.6) is 0 Å². The van der Waals surface area contributed by atoms with Crippen LogP contribution >= 0.6 is 0 Å². The van der Waals surface area contributed by atoms with E-state index in [9.17, 15) is 0 Å². The Balaban J connectivity index is 2.17. The Morgan fingerprint density at radius 2 is 2.25 bits per heavy atom. The van der Waals surface area contributed by atoms with Gasteiger partial charge in [0.1, 0.15) is 0 Å².